The average molecular weight is 421 g/mol. The van der Waals surface area contributed by atoms with Crippen LogP contribution in [-0.2, 0) is 9.53 Å². The van der Waals surface area contributed by atoms with E-state index in [2.05, 4.69) is 44.2 Å². The smallest absolute Gasteiger partial charge is 0.319 e. The number of nitrogens with zero attached hydrogens (tertiary/aromatic N) is 2. The van der Waals surface area contributed by atoms with Crippen LogP contribution in [0.15, 0.2) is 53.6 Å². The van der Waals surface area contributed by atoms with Gasteiger partial charge in [0.25, 0.3) is 0 Å². The van der Waals surface area contributed by atoms with Crippen molar-refractivity contribution in [1.29, 1.82) is 0 Å². The SMILES string of the molecule is CCOC(=O)C1Sc2c(c(C)nn2-c2ccc(C)cc2)[C@H]2c3ccccc3OC[C@@H]12. The van der Waals surface area contributed by atoms with E-state index < -0.39 is 0 Å². The first-order valence-corrected chi connectivity index (χ1v) is 11.2. The third-order valence-electron chi connectivity index (χ3n) is 5.91. The van der Waals surface area contributed by atoms with Crippen LogP contribution in [0, 0.1) is 19.8 Å². The van der Waals surface area contributed by atoms with Crippen LogP contribution in [0.4, 0.5) is 0 Å². The summed E-state index contributed by atoms with van der Waals surface area (Å²) in [7, 11) is 0. The summed E-state index contributed by atoms with van der Waals surface area (Å²) in [4.78, 5) is 12.9. The Morgan fingerprint density at radius 2 is 1.97 bits per heavy atom. The minimum absolute atomic E-state index is 0.00539. The fraction of sp³-hybridized carbons (Fsp3) is 0.333. The Morgan fingerprint density at radius 1 is 1.20 bits per heavy atom. The van der Waals surface area contributed by atoms with Crippen molar-refractivity contribution in [2.45, 2.75) is 37.0 Å². The van der Waals surface area contributed by atoms with Crippen molar-refractivity contribution in [3.8, 4) is 11.4 Å². The summed E-state index contributed by atoms with van der Waals surface area (Å²) in [6, 6.07) is 16.5. The van der Waals surface area contributed by atoms with Gasteiger partial charge in [0, 0.05) is 23.0 Å². The molecule has 2 aliphatic heterocycles. The van der Waals surface area contributed by atoms with E-state index in [1.165, 1.54) is 11.1 Å². The maximum absolute atomic E-state index is 12.9. The number of aryl methyl sites for hydroxylation is 2. The molecule has 0 saturated heterocycles. The molecular formula is C24H24N2O3S. The van der Waals surface area contributed by atoms with Gasteiger partial charge in [0.15, 0.2) is 0 Å². The number of thioether (sulfide) groups is 1. The summed E-state index contributed by atoms with van der Waals surface area (Å²) >= 11 is 1.56. The number of carbonyl (C=O) groups excluding carboxylic acids is 1. The van der Waals surface area contributed by atoms with E-state index in [9.17, 15) is 4.79 Å². The Kier molecular flexibility index (Phi) is 4.82. The van der Waals surface area contributed by atoms with Crippen LogP contribution in [0.2, 0.25) is 0 Å². The molecule has 6 heteroatoms. The van der Waals surface area contributed by atoms with Crippen LogP contribution in [0.3, 0.4) is 0 Å². The van der Waals surface area contributed by atoms with Crippen LogP contribution in [0.5, 0.6) is 5.75 Å². The van der Waals surface area contributed by atoms with Crippen molar-refractivity contribution in [3.05, 3.63) is 70.9 Å². The van der Waals surface area contributed by atoms with Crippen LogP contribution >= 0.6 is 11.8 Å². The van der Waals surface area contributed by atoms with Crippen molar-refractivity contribution in [3.63, 3.8) is 0 Å². The number of carbonyl (C=O) groups is 1. The monoisotopic (exact) mass is 420 g/mol. The lowest BCUT2D eigenvalue weighted by Gasteiger charge is -2.40. The predicted molar refractivity (Wildman–Crippen MR) is 117 cm³/mol. The second kappa shape index (κ2) is 7.51. The quantitative estimate of drug-likeness (QED) is 0.577. The van der Waals surface area contributed by atoms with Gasteiger partial charge in [-0.2, -0.15) is 5.10 Å². The number of benzene rings is 2. The van der Waals surface area contributed by atoms with Crippen LogP contribution < -0.4 is 4.74 Å². The van der Waals surface area contributed by atoms with E-state index in [4.69, 9.17) is 14.6 Å². The normalized spacial score (nSPS) is 21.8. The summed E-state index contributed by atoms with van der Waals surface area (Å²) < 4.78 is 13.5. The lowest BCUT2D eigenvalue weighted by molar-refractivity contribution is -0.144. The number of hydrogen-bond donors (Lipinski definition) is 0. The van der Waals surface area contributed by atoms with Gasteiger partial charge in [-0.15, -0.1) is 0 Å². The van der Waals surface area contributed by atoms with E-state index in [1.54, 1.807) is 11.8 Å². The minimum atomic E-state index is -0.337. The van der Waals surface area contributed by atoms with E-state index >= 15 is 0 Å². The molecule has 3 aromatic rings. The standard InChI is InChI=1S/C24H24N2O3S/c1-4-28-24(27)22-18-13-29-19-8-6-5-7-17(19)21(18)20-15(3)25-26(23(20)30-22)16-11-9-14(2)10-12-16/h5-12,18,21-22H,4,13H2,1-3H3/t18-,21+,22?/m1/s1. The van der Waals surface area contributed by atoms with Gasteiger partial charge in [-0.1, -0.05) is 47.7 Å². The lowest BCUT2D eigenvalue weighted by Crippen LogP contribution is -2.42. The van der Waals surface area contributed by atoms with Gasteiger partial charge in [0.05, 0.1) is 24.6 Å². The number of aromatic nitrogens is 2. The van der Waals surface area contributed by atoms with Gasteiger partial charge in [0.2, 0.25) is 0 Å². The molecule has 0 spiro atoms. The molecule has 2 aliphatic rings. The van der Waals surface area contributed by atoms with E-state index in [1.807, 2.05) is 29.8 Å². The molecule has 0 saturated carbocycles. The molecule has 0 fully saturated rings. The first-order valence-electron chi connectivity index (χ1n) is 10.3. The first kappa shape index (κ1) is 19.2. The van der Waals surface area contributed by atoms with Crippen molar-refractivity contribution in [1.82, 2.24) is 9.78 Å². The van der Waals surface area contributed by atoms with Crippen LogP contribution in [-0.4, -0.2) is 34.2 Å². The molecule has 0 amide bonds. The lowest BCUT2D eigenvalue weighted by atomic mass is 9.77. The Hall–Kier alpha value is -2.73. The number of fused-ring (bicyclic) bond motifs is 5. The molecule has 3 atom stereocenters. The first-order chi connectivity index (χ1) is 14.6. The Balaban J connectivity index is 1.70. The second-order valence-corrected chi connectivity index (χ2v) is 8.96. The minimum Gasteiger partial charge on any atom is -0.493 e. The number of ether oxygens (including phenoxy) is 2. The topological polar surface area (TPSA) is 53.3 Å². The van der Waals surface area contributed by atoms with Crippen molar-refractivity contribution >= 4 is 17.7 Å². The third kappa shape index (κ3) is 3.01. The summed E-state index contributed by atoms with van der Waals surface area (Å²) in [5, 5.41) is 5.58. The molecule has 1 aromatic heterocycles. The number of esters is 1. The van der Waals surface area contributed by atoms with Crippen molar-refractivity contribution < 1.29 is 14.3 Å². The van der Waals surface area contributed by atoms with Gasteiger partial charge in [-0.3, -0.25) is 4.79 Å². The molecule has 1 unspecified atom stereocenters. The molecule has 5 rings (SSSR count). The van der Waals surface area contributed by atoms with Gasteiger partial charge < -0.3 is 9.47 Å². The largest absolute Gasteiger partial charge is 0.493 e. The van der Waals surface area contributed by atoms with Gasteiger partial charge in [0.1, 0.15) is 16.0 Å². The highest BCUT2D eigenvalue weighted by Gasteiger charge is 2.48. The maximum Gasteiger partial charge on any atom is 0.319 e. The average Bonchev–Trinajstić information content (AvgIpc) is 3.10. The molecular weight excluding hydrogens is 396 g/mol. The molecule has 3 heterocycles. The number of para-hydroxylation sites is 1. The fourth-order valence-electron chi connectivity index (χ4n) is 4.52. The van der Waals surface area contributed by atoms with Crippen LogP contribution in [0.1, 0.15) is 35.2 Å². The number of hydrogen-bond acceptors (Lipinski definition) is 5. The highest BCUT2D eigenvalue weighted by molar-refractivity contribution is 8.00. The van der Waals surface area contributed by atoms with Gasteiger partial charge >= 0.3 is 5.97 Å². The van der Waals surface area contributed by atoms with E-state index in [0.29, 0.717) is 13.2 Å². The highest BCUT2D eigenvalue weighted by atomic mass is 32.2. The second-order valence-electron chi connectivity index (χ2n) is 7.83. The highest BCUT2D eigenvalue weighted by Crippen LogP contribution is 2.54. The van der Waals surface area contributed by atoms with Crippen molar-refractivity contribution in [2.75, 3.05) is 13.2 Å². The molecule has 0 N–H and O–H groups in total. The summed E-state index contributed by atoms with van der Waals surface area (Å²) in [5.74, 6) is 0.771. The molecule has 0 bridgehead atoms. The Bertz CT molecular complexity index is 1110. The van der Waals surface area contributed by atoms with Crippen LogP contribution in [0.25, 0.3) is 5.69 Å². The Labute approximate surface area is 180 Å². The molecule has 2 aromatic carbocycles. The van der Waals surface area contributed by atoms with Gasteiger partial charge in [-0.05, 0) is 39.0 Å². The van der Waals surface area contributed by atoms with E-state index in [-0.39, 0.29) is 23.1 Å². The van der Waals surface area contributed by atoms with Gasteiger partial charge in [-0.25, -0.2) is 4.68 Å². The number of rotatable bonds is 3. The van der Waals surface area contributed by atoms with Crippen molar-refractivity contribution in [2.24, 2.45) is 5.92 Å². The van der Waals surface area contributed by atoms with E-state index in [0.717, 1.165) is 27.7 Å². The molecule has 154 valence electrons. The third-order valence-corrected chi connectivity index (χ3v) is 7.32. The predicted octanol–water partition coefficient (Wildman–Crippen LogP) is 4.67. The fourth-order valence-corrected chi connectivity index (χ4v) is 5.98. The zero-order valence-electron chi connectivity index (χ0n) is 17.3. The Morgan fingerprint density at radius 3 is 2.73 bits per heavy atom. The zero-order chi connectivity index (χ0) is 20.8. The zero-order valence-corrected chi connectivity index (χ0v) is 18.1. The maximum atomic E-state index is 12.9. The molecule has 0 radical (unpaired) electrons. The summed E-state index contributed by atoms with van der Waals surface area (Å²) in [5.41, 5.74) is 5.51. The molecule has 5 nitrogen and oxygen atoms in total. The summed E-state index contributed by atoms with van der Waals surface area (Å²) in [6.07, 6.45) is 0. The molecule has 0 aliphatic carbocycles. The molecule has 30 heavy (non-hydrogen) atoms. The summed E-state index contributed by atoms with van der Waals surface area (Å²) in [6.45, 7) is 6.84.